The fraction of sp³-hybridized carbons (Fsp3) is 0.500. The summed E-state index contributed by atoms with van der Waals surface area (Å²) in [5.41, 5.74) is 0. The van der Waals surface area contributed by atoms with Gasteiger partial charge < -0.3 is 14.4 Å². The Hall–Kier alpha value is -2.14. The second-order valence-electron chi connectivity index (χ2n) is 6.41. The second kappa shape index (κ2) is 7.85. The van der Waals surface area contributed by atoms with E-state index in [0.29, 0.717) is 35.5 Å². The van der Waals surface area contributed by atoms with E-state index in [1.165, 1.54) is 11.8 Å². The van der Waals surface area contributed by atoms with Gasteiger partial charge in [0.1, 0.15) is 11.6 Å². The lowest BCUT2D eigenvalue weighted by molar-refractivity contribution is -0.115. The highest BCUT2D eigenvalue weighted by molar-refractivity contribution is 8.00. The Bertz CT molecular complexity index is 950. The molecule has 9 nitrogen and oxygen atoms in total. The zero-order valence-electron chi connectivity index (χ0n) is 15.1. The van der Waals surface area contributed by atoms with E-state index in [2.05, 4.69) is 27.2 Å². The maximum absolute atomic E-state index is 12.4. The lowest BCUT2D eigenvalue weighted by Gasteiger charge is -2.13. The molecule has 1 saturated heterocycles. The summed E-state index contributed by atoms with van der Waals surface area (Å²) in [7, 11) is -3.03. The van der Waals surface area contributed by atoms with Crippen LogP contribution in [0.4, 0.5) is 5.82 Å². The van der Waals surface area contributed by atoms with Gasteiger partial charge in [0.15, 0.2) is 20.8 Å². The van der Waals surface area contributed by atoms with Gasteiger partial charge in [-0.2, -0.15) is 0 Å². The molecule has 3 heterocycles. The summed E-state index contributed by atoms with van der Waals surface area (Å²) in [5, 5.41) is 14.9. The van der Waals surface area contributed by atoms with Crippen LogP contribution in [0.2, 0.25) is 0 Å². The van der Waals surface area contributed by atoms with Gasteiger partial charge in [-0.05, 0) is 20.3 Å². The topological polar surface area (TPSA) is 120 Å². The van der Waals surface area contributed by atoms with Gasteiger partial charge in [-0.25, -0.2) is 8.42 Å². The minimum absolute atomic E-state index is 0.0779. The van der Waals surface area contributed by atoms with Crippen LogP contribution in [0.3, 0.4) is 0 Å². The van der Waals surface area contributed by atoms with E-state index in [1.54, 1.807) is 26.0 Å². The van der Waals surface area contributed by atoms with Crippen LogP contribution in [0.15, 0.2) is 28.4 Å². The molecule has 1 fully saturated rings. The van der Waals surface area contributed by atoms with Gasteiger partial charge >= 0.3 is 0 Å². The van der Waals surface area contributed by atoms with Crippen LogP contribution in [0.25, 0.3) is 0 Å². The Balaban J connectivity index is 1.74. The number of hydrogen-bond acceptors (Lipinski definition) is 8. The van der Waals surface area contributed by atoms with Crippen molar-refractivity contribution in [1.29, 1.82) is 0 Å². The molecule has 2 aromatic heterocycles. The number of anilines is 1. The smallest absolute Gasteiger partial charge is 0.238 e. The van der Waals surface area contributed by atoms with Crippen molar-refractivity contribution in [3.63, 3.8) is 0 Å². The predicted octanol–water partition coefficient (Wildman–Crippen LogP) is 1.78. The SMILES string of the molecule is C=CCn1c(SC(C)C(=O)Nc2cc(C)on2)nnc1C1CCS(=O)(=O)C1. The van der Waals surface area contributed by atoms with Gasteiger partial charge in [-0.3, -0.25) is 4.79 Å². The molecule has 0 saturated carbocycles. The largest absolute Gasteiger partial charge is 0.360 e. The zero-order valence-corrected chi connectivity index (χ0v) is 16.7. The molecule has 1 aliphatic heterocycles. The average molecular weight is 412 g/mol. The number of amides is 1. The Kier molecular flexibility index (Phi) is 5.70. The Labute approximate surface area is 161 Å². The highest BCUT2D eigenvalue weighted by atomic mass is 32.2. The minimum atomic E-state index is -3.03. The first-order valence-corrected chi connectivity index (χ1v) is 11.1. The quantitative estimate of drug-likeness (QED) is 0.541. The number of carbonyl (C=O) groups is 1. The molecule has 11 heteroatoms. The number of hydrogen-bond donors (Lipinski definition) is 1. The molecule has 3 rings (SSSR count). The number of sulfone groups is 1. The standard InChI is InChI=1S/C16H21N5O4S2/c1-4-6-21-14(12-5-7-27(23,24)9-12)18-19-16(21)26-11(3)15(22)17-13-8-10(2)25-20-13/h4,8,11-12H,1,5-7,9H2,2-3H3,(H,17,20,22). The van der Waals surface area contributed by atoms with Crippen molar-refractivity contribution in [2.24, 2.45) is 0 Å². The van der Waals surface area contributed by atoms with Crippen molar-refractivity contribution >= 4 is 33.3 Å². The summed E-state index contributed by atoms with van der Waals surface area (Å²) >= 11 is 1.25. The Morgan fingerprint density at radius 3 is 2.93 bits per heavy atom. The van der Waals surface area contributed by atoms with Gasteiger partial charge in [-0.1, -0.05) is 23.0 Å². The van der Waals surface area contributed by atoms with Gasteiger partial charge in [0, 0.05) is 18.5 Å². The van der Waals surface area contributed by atoms with E-state index >= 15 is 0 Å². The van der Waals surface area contributed by atoms with Crippen LogP contribution >= 0.6 is 11.8 Å². The molecule has 1 N–H and O–H groups in total. The van der Waals surface area contributed by atoms with Crippen LogP contribution in [-0.2, 0) is 21.2 Å². The van der Waals surface area contributed by atoms with E-state index in [1.807, 2.05) is 4.57 Å². The lowest BCUT2D eigenvalue weighted by Crippen LogP contribution is -2.23. The molecular weight excluding hydrogens is 390 g/mol. The number of aromatic nitrogens is 4. The molecule has 27 heavy (non-hydrogen) atoms. The van der Waals surface area contributed by atoms with Crippen LogP contribution in [0.5, 0.6) is 0 Å². The average Bonchev–Trinajstić information content (AvgIpc) is 3.28. The monoisotopic (exact) mass is 411 g/mol. The minimum Gasteiger partial charge on any atom is -0.360 e. The number of rotatable bonds is 7. The molecule has 146 valence electrons. The van der Waals surface area contributed by atoms with Crippen LogP contribution in [0, 0.1) is 6.92 Å². The van der Waals surface area contributed by atoms with Crippen LogP contribution < -0.4 is 5.32 Å². The first kappa shape index (κ1) is 19.6. The van der Waals surface area contributed by atoms with Crippen molar-refractivity contribution in [1.82, 2.24) is 19.9 Å². The maximum Gasteiger partial charge on any atom is 0.238 e. The van der Waals surface area contributed by atoms with E-state index in [0.717, 1.165) is 0 Å². The molecule has 0 bridgehead atoms. The summed E-state index contributed by atoms with van der Waals surface area (Å²) in [6, 6.07) is 1.63. The van der Waals surface area contributed by atoms with E-state index in [9.17, 15) is 13.2 Å². The fourth-order valence-electron chi connectivity index (χ4n) is 2.85. The molecule has 2 aromatic rings. The molecule has 0 aliphatic carbocycles. The first-order valence-electron chi connectivity index (χ1n) is 8.44. The number of allylic oxidation sites excluding steroid dienone is 1. The van der Waals surface area contributed by atoms with Crippen molar-refractivity contribution in [2.75, 3.05) is 16.8 Å². The van der Waals surface area contributed by atoms with Crippen molar-refractivity contribution in [3.8, 4) is 0 Å². The third kappa shape index (κ3) is 4.59. The van der Waals surface area contributed by atoms with E-state index < -0.39 is 15.1 Å². The highest BCUT2D eigenvalue weighted by Gasteiger charge is 2.33. The zero-order chi connectivity index (χ0) is 19.6. The fourth-order valence-corrected chi connectivity index (χ4v) is 5.46. The van der Waals surface area contributed by atoms with Gasteiger partial charge in [0.05, 0.1) is 16.8 Å². The molecule has 1 aliphatic rings. The Morgan fingerprint density at radius 1 is 1.56 bits per heavy atom. The van der Waals surface area contributed by atoms with E-state index in [4.69, 9.17) is 4.52 Å². The number of carbonyl (C=O) groups excluding carboxylic acids is 1. The summed E-state index contributed by atoms with van der Waals surface area (Å²) < 4.78 is 30.3. The number of nitrogens with one attached hydrogen (secondary N) is 1. The number of nitrogens with zero attached hydrogens (tertiary/aromatic N) is 4. The molecular formula is C16H21N5O4S2. The third-order valence-corrected chi connectivity index (χ3v) is 7.03. The van der Waals surface area contributed by atoms with Crippen molar-refractivity contribution in [3.05, 3.63) is 30.3 Å². The highest BCUT2D eigenvalue weighted by Crippen LogP contribution is 2.31. The van der Waals surface area contributed by atoms with Crippen molar-refractivity contribution in [2.45, 2.75) is 43.1 Å². The Morgan fingerprint density at radius 2 is 2.33 bits per heavy atom. The second-order valence-corrected chi connectivity index (χ2v) is 9.95. The normalized spacial score (nSPS) is 19.7. The van der Waals surface area contributed by atoms with Crippen LogP contribution in [-0.4, -0.2) is 51.0 Å². The maximum atomic E-state index is 12.4. The molecule has 0 radical (unpaired) electrons. The molecule has 2 unspecified atom stereocenters. The number of thioether (sulfide) groups is 1. The molecule has 2 atom stereocenters. The summed E-state index contributed by atoms with van der Waals surface area (Å²) in [6.07, 6.45) is 2.23. The lowest BCUT2D eigenvalue weighted by atomic mass is 10.1. The number of aryl methyl sites for hydroxylation is 1. The predicted molar refractivity (Wildman–Crippen MR) is 101 cm³/mol. The molecule has 0 aromatic carbocycles. The van der Waals surface area contributed by atoms with E-state index in [-0.39, 0.29) is 23.3 Å². The summed E-state index contributed by atoms with van der Waals surface area (Å²) in [6.45, 7) is 7.68. The van der Waals surface area contributed by atoms with Crippen LogP contribution in [0.1, 0.15) is 30.8 Å². The van der Waals surface area contributed by atoms with Gasteiger partial charge in [0.2, 0.25) is 5.91 Å². The van der Waals surface area contributed by atoms with Gasteiger partial charge in [0.25, 0.3) is 0 Å². The van der Waals surface area contributed by atoms with Crippen molar-refractivity contribution < 1.29 is 17.7 Å². The molecule has 0 spiro atoms. The first-order chi connectivity index (χ1) is 12.8. The van der Waals surface area contributed by atoms with Gasteiger partial charge in [-0.15, -0.1) is 16.8 Å². The third-order valence-electron chi connectivity index (χ3n) is 4.19. The summed E-state index contributed by atoms with van der Waals surface area (Å²) in [4.78, 5) is 12.4. The summed E-state index contributed by atoms with van der Waals surface area (Å²) in [5.74, 6) is 1.40. The molecule has 1 amide bonds.